The van der Waals surface area contributed by atoms with Crippen molar-refractivity contribution in [2.24, 2.45) is 0 Å². The summed E-state index contributed by atoms with van der Waals surface area (Å²) in [6.45, 7) is 4.52. The Bertz CT molecular complexity index is 586. The third-order valence-corrected chi connectivity index (χ3v) is 4.86. The van der Waals surface area contributed by atoms with Gasteiger partial charge in [0, 0.05) is 32.3 Å². The van der Waals surface area contributed by atoms with Gasteiger partial charge in [0.25, 0.3) is 5.69 Å². The van der Waals surface area contributed by atoms with E-state index in [4.69, 9.17) is 0 Å². The van der Waals surface area contributed by atoms with Crippen molar-refractivity contribution in [1.29, 1.82) is 0 Å². The van der Waals surface area contributed by atoms with Crippen molar-refractivity contribution in [2.45, 2.75) is 25.2 Å². The van der Waals surface area contributed by atoms with Crippen molar-refractivity contribution in [2.75, 3.05) is 25.5 Å². The van der Waals surface area contributed by atoms with Crippen LogP contribution in [0, 0.1) is 10.1 Å². The highest BCUT2D eigenvalue weighted by atomic mass is 32.2. The predicted octanol–water partition coefficient (Wildman–Crippen LogP) is 2.06. The van der Waals surface area contributed by atoms with Crippen LogP contribution in [0.5, 0.6) is 0 Å². The van der Waals surface area contributed by atoms with Gasteiger partial charge < -0.3 is 5.32 Å². The second-order valence-corrected chi connectivity index (χ2v) is 6.30. The number of nitrogens with zero attached hydrogens (tertiary/aromatic N) is 2. The van der Waals surface area contributed by atoms with Crippen LogP contribution in [-0.4, -0.2) is 37.8 Å². The molecule has 0 aliphatic rings. The molecule has 0 heterocycles. The largest absolute Gasteiger partial charge is 0.384 e. The van der Waals surface area contributed by atoms with Crippen LogP contribution in [0.25, 0.3) is 0 Å². The van der Waals surface area contributed by atoms with Gasteiger partial charge in [-0.05, 0) is 12.5 Å². The van der Waals surface area contributed by atoms with Crippen molar-refractivity contribution < 1.29 is 13.3 Å². The average Bonchev–Trinajstić information content (AvgIpc) is 2.43. The molecule has 8 heteroatoms. The van der Waals surface area contributed by atoms with Crippen LogP contribution in [0.1, 0.15) is 20.3 Å². The number of non-ortho nitro benzene ring substituents is 1. The number of hydrogen-bond donors (Lipinski definition) is 1. The zero-order chi connectivity index (χ0) is 15.3. The van der Waals surface area contributed by atoms with E-state index in [2.05, 4.69) is 5.32 Å². The molecule has 0 fully saturated rings. The number of nitrogens with one attached hydrogen (secondary N) is 1. The fourth-order valence-corrected chi connectivity index (χ4v) is 2.92. The summed E-state index contributed by atoms with van der Waals surface area (Å²) in [7, 11) is -2.17. The van der Waals surface area contributed by atoms with Gasteiger partial charge in [0.15, 0.2) is 0 Å². The van der Waals surface area contributed by atoms with Crippen molar-refractivity contribution in [3.8, 4) is 0 Å². The Kier molecular flexibility index (Phi) is 5.46. The minimum Gasteiger partial charge on any atom is -0.384 e. The summed E-state index contributed by atoms with van der Waals surface area (Å²) in [5.74, 6) is 0. The zero-order valence-corrected chi connectivity index (χ0v) is 12.6. The van der Waals surface area contributed by atoms with Crippen LogP contribution in [-0.2, 0) is 10.0 Å². The molecule has 0 bridgehead atoms. The van der Waals surface area contributed by atoms with Crippen molar-refractivity contribution in [3.05, 3.63) is 28.3 Å². The minimum atomic E-state index is -3.64. The summed E-state index contributed by atoms with van der Waals surface area (Å²) in [5, 5.41) is 13.7. The van der Waals surface area contributed by atoms with Gasteiger partial charge in [-0.15, -0.1) is 0 Å². The normalized spacial score (nSPS) is 11.6. The fraction of sp³-hybridized carbons (Fsp3) is 0.500. The highest BCUT2D eigenvalue weighted by Gasteiger charge is 2.24. The van der Waals surface area contributed by atoms with Crippen molar-refractivity contribution in [3.63, 3.8) is 0 Å². The van der Waals surface area contributed by atoms with Gasteiger partial charge >= 0.3 is 0 Å². The molecule has 0 spiro atoms. The molecule has 0 aliphatic carbocycles. The Hall–Kier alpha value is -1.67. The third kappa shape index (κ3) is 3.45. The standard InChI is InChI=1S/C12H19N3O4S/c1-4-8-13-11-9-10(15(16)17)6-7-12(11)20(18,19)14(3)5-2/h6-7,9,13H,4-5,8H2,1-3H3. The molecule has 0 amide bonds. The zero-order valence-electron chi connectivity index (χ0n) is 11.8. The van der Waals surface area contributed by atoms with Crippen LogP contribution < -0.4 is 5.32 Å². The highest BCUT2D eigenvalue weighted by Crippen LogP contribution is 2.28. The number of benzene rings is 1. The van der Waals surface area contributed by atoms with E-state index >= 15 is 0 Å². The minimum absolute atomic E-state index is 0.0564. The predicted molar refractivity (Wildman–Crippen MR) is 77.4 cm³/mol. The molecule has 20 heavy (non-hydrogen) atoms. The Morgan fingerprint density at radius 1 is 1.35 bits per heavy atom. The van der Waals surface area contributed by atoms with Gasteiger partial charge in [0.2, 0.25) is 10.0 Å². The highest BCUT2D eigenvalue weighted by molar-refractivity contribution is 7.89. The Labute approximate surface area is 118 Å². The fourth-order valence-electron chi connectivity index (χ4n) is 1.59. The first-order valence-electron chi connectivity index (χ1n) is 6.33. The van der Waals surface area contributed by atoms with E-state index in [9.17, 15) is 18.5 Å². The lowest BCUT2D eigenvalue weighted by Crippen LogP contribution is -2.27. The van der Waals surface area contributed by atoms with Crippen molar-refractivity contribution >= 4 is 21.4 Å². The smallest absolute Gasteiger partial charge is 0.271 e. The molecule has 1 aromatic carbocycles. The van der Waals surface area contributed by atoms with Gasteiger partial charge in [-0.3, -0.25) is 10.1 Å². The third-order valence-electron chi connectivity index (χ3n) is 2.87. The maximum absolute atomic E-state index is 12.3. The molecule has 112 valence electrons. The van der Waals surface area contributed by atoms with Gasteiger partial charge in [-0.25, -0.2) is 12.7 Å². The molecule has 0 atom stereocenters. The van der Waals surface area contributed by atoms with Crippen LogP contribution in [0.15, 0.2) is 23.1 Å². The first-order chi connectivity index (χ1) is 9.34. The van der Waals surface area contributed by atoms with E-state index in [1.165, 1.54) is 29.6 Å². The second kappa shape index (κ2) is 6.67. The van der Waals surface area contributed by atoms with Crippen LogP contribution >= 0.6 is 0 Å². The second-order valence-electron chi connectivity index (χ2n) is 4.28. The molecule has 1 N–H and O–H groups in total. The summed E-state index contributed by atoms with van der Waals surface area (Å²) in [5.41, 5.74) is 0.128. The van der Waals surface area contributed by atoms with Gasteiger partial charge in [-0.2, -0.15) is 0 Å². The lowest BCUT2D eigenvalue weighted by Gasteiger charge is -2.18. The molecular formula is C12H19N3O4S. The summed E-state index contributed by atoms with van der Waals surface area (Å²) in [6.07, 6.45) is 0.784. The van der Waals surface area contributed by atoms with Gasteiger partial charge in [0.05, 0.1) is 10.6 Å². The first kappa shape index (κ1) is 16.4. The maximum atomic E-state index is 12.3. The maximum Gasteiger partial charge on any atom is 0.271 e. The summed E-state index contributed by atoms with van der Waals surface area (Å²) < 4.78 is 25.9. The number of rotatable bonds is 7. The van der Waals surface area contributed by atoms with E-state index in [1.807, 2.05) is 6.92 Å². The van der Waals surface area contributed by atoms with Gasteiger partial charge in [0.1, 0.15) is 4.90 Å². The Morgan fingerprint density at radius 3 is 2.50 bits per heavy atom. The first-order valence-corrected chi connectivity index (χ1v) is 7.77. The lowest BCUT2D eigenvalue weighted by atomic mass is 10.2. The topological polar surface area (TPSA) is 92.5 Å². The SMILES string of the molecule is CCCNc1cc([N+](=O)[O-])ccc1S(=O)(=O)N(C)CC. The molecule has 0 aromatic heterocycles. The molecular weight excluding hydrogens is 282 g/mol. The Morgan fingerprint density at radius 2 is 2.00 bits per heavy atom. The van der Waals surface area contributed by atoms with E-state index in [0.717, 1.165) is 6.42 Å². The molecule has 0 unspecified atom stereocenters. The molecule has 0 saturated carbocycles. The number of sulfonamides is 1. The van der Waals surface area contributed by atoms with E-state index in [0.29, 0.717) is 13.1 Å². The molecule has 0 saturated heterocycles. The van der Waals surface area contributed by atoms with E-state index in [1.54, 1.807) is 6.92 Å². The molecule has 0 radical (unpaired) electrons. The summed E-state index contributed by atoms with van der Waals surface area (Å²) in [6, 6.07) is 3.73. The van der Waals surface area contributed by atoms with Crippen molar-refractivity contribution in [1.82, 2.24) is 4.31 Å². The quantitative estimate of drug-likeness (QED) is 0.614. The molecule has 1 rings (SSSR count). The molecule has 0 aliphatic heterocycles. The average molecular weight is 301 g/mol. The summed E-state index contributed by atoms with van der Waals surface area (Å²) in [4.78, 5) is 10.3. The monoisotopic (exact) mass is 301 g/mol. The van der Waals surface area contributed by atoms with Gasteiger partial charge in [-0.1, -0.05) is 13.8 Å². The Balaban J connectivity index is 3.34. The van der Waals surface area contributed by atoms with E-state index < -0.39 is 14.9 Å². The number of anilines is 1. The lowest BCUT2D eigenvalue weighted by molar-refractivity contribution is -0.384. The molecule has 7 nitrogen and oxygen atoms in total. The van der Waals surface area contributed by atoms with E-state index in [-0.39, 0.29) is 16.3 Å². The van der Waals surface area contributed by atoms with Crippen LogP contribution in [0.2, 0.25) is 0 Å². The van der Waals surface area contributed by atoms with Crippen LogP contribution in [0.3, 0.4) is 0 Å². The van der Waals surface area contributed by atoms with Crippen LogP contribution in [0.4, 0.5) is 11.4 Å². The number of hydrogen-bond acceptors (Lipinski definition) is 5. The number of nitro groups is 1. The number of nitro benzene ring substituents is 1. The molecule has 1 aromatic rings. The summed E-state index contributed by atoms with van der Waals surface area (Å²) >= 11 is 0.